The SMILES string of the molecule is COCCS(=O)(=O)c1ccc(C(=O)N[C@H](C)c2cccnc2)cc1. The van der Waals surface area contributed by atoms with Gasteiger partial charge >= 0.3 is 0 Å². The summed E-state index contributed by atoms with van der Waals surface area (Å²) in [7, 11) is -1.95. The maximum absolute atomic E-state index is 12.3. The van der Waals surface area contributed by atoms with Crippen LogP contribution in [-0.4, -0.2) is 38.8 Å². The van der Waals surface area contributed by atoms with Crippen molar-refractivity contribution in [3.63, 3.8) is 0 Å². The number of methoxy groups -OCH3 is 1. The highest BCUT2D eigenvalue weighted by Gasteiger charge is 2.16. The zero-order chi connectivity index (χ0) is 17.6. The normalized spacial score (nSPS) is 12.6. The first-order valence-electron chi connectivity index (χ1n) is 7.46. The smallest absolute Gasteiger partial charge is 0.251 e. The van der Waals surface area contributed by atoms with Gasteiger partial charge in [0.2, 0.25) is 0 Å². The first kappa shape index (κ1) is 18.1. The lowest BCUT2D eigenvalue weighted by Gasteiger charge is -2.14. The Bertz CT molecular complexity index is 774. The molecule has 0 radical (unpaired) electrons. The highest BCUT2D eigenvalue weighted by molar-refractivity contribution is 7.91. The van der Waals surface area contributed by atoms with E-state index in [4.69, 9.17) is 4.74 Å². The molecule has 0 unspecified atom stereocenters. The summed E-state index contributed by atoms with van der Waals surface area (Å²) in [5.74, 6) is -0.361. The lowest BCUT2D eigenvalue weighted by Crippen LogP contribution is -2.26. The molecule has 0 bridgehead atoms. The van der Waals surface area contributed by atoms with Crippen LogP contribution in [-0.2, 0) is 14.6 Å². The molecular weight excluding hydrogens is 328 g/mol. The lowest BCUT2D eigenvalue weighted by molar-refractivity contribution is 0.0939. The molecule has 6 nitrogen and oxygen atoms in total. The van der Waals surface area contributed by atoms with E-state index < -0.39 is 9.84 Å². The van der Waals surface area contributed by atoms with E-state index in [-0.39, 0.29) is 29.2 Å². The van der Waals surface area contributed by atoms with Gasteiger partial charge in [-0.2, -0.15) is 0 Å². The molecular formula is C17H20N2O4S. The van der Waals surface area contributed by atoms with Gasteiger partial charge in [0.1, 0.15) is 0 Å². The predicted molar refractivity (Wildman–Crippen MR) is 90.5 cm³/mol. The van der Waals surface area contributed by atoms with Crippen LogP contribution < -0.4 is 5.32 Å². The van der Waals surface area contributed by atoms with Crippen LogP contribution in [0.5, 0.6) is 0 Å². The molecule has 0 aliphatic rings. The highest BCUT2D eigenvalue weighted by Crippen LogP contribution is 2.15. The predicted octanol–water partition coefficient (Wildman–Crippen LogP) is 1.99. The summed E-state index contributed by atoms with van der Waals surface area (Å²) >= 11 is 0. The van der Waals surface area contributed by atoms with E-state index in [0.717, 1.165) is 5.56 Å². The molecule has 0 aliphatic heterocycles. The van der Waals surface area contributed by atoms with Gasteiger partial charge in [0, 0.05) is 25.1 Å². The van der Waals surface area contributed by atoms with Crippen LogP contribution in [0.2, 0.25) is 0 Å². The summed E-state index contributed by atoms with van der Waals surface area (Å²) in [5, 5.41) is 2.86. The van der Waals surface area contributed by atoms with Crippen molar-refractivity contribution in [3.05, 3.63) is 59.9 Å². The van der Waals surface area contributed by atoms with Crippen LogP contribution in [0.3, 0.4) is 0 Å². The van der Waals surface area contributed by atoms with Crippen LogP contribution >= 0.6 is 0 Å². The summed E-state index contributed by atoms with van der Waals surface area (Å²) in [6, 6.07) is 9.37. The van der Waals surface area contributed by atoms with Gasteiger partial charge in [-0.15, -0.1) is 0 Å². The molecule has 2 aromatic rings. The molecule has 1 N–H and O–H groups in total. The minimum absolute atomic E-state index is 0.0902. The van der Waals surface area contributed by atoms with Gasteiger partial charge in [-0.1, -0.05) is 6.07 Å². The number of amides is 1. The molecule has 1 aromatic carbocycles. The first-order chi connectivity index (χ1) is 11.4. The van der Waals surface area contributed by atoms with Crippen molar-refractivity contribution in [2.45, 2.75) is 17.9 Å². The number of rotatable bonds is 7. The zero-order valence-corrected chi connectivity index (χ0v) is 14.4. The molecule has 0 aliphatic carbocycles. The quantitative estimate of drug-likeness (QED) is 0.827. The number of carbonyl (C=O) groups is 1. The van der Waals surface area contributed by atoms with Crippen molar-refractivity contribution in [1.82, 2.24) is 10.3 Å². The Morgan fingerprint density at radius 1 is 1.25 bits per heavy atom. The number of carbonyl (C=O) groups excluding carboxylic acids is 1. The van der Waals surface area contributed by atoms with E-state index in [2.05, 4.69) is 10.3 Å². The fraction of sp³-hybridized carbons (Fsp3) is 0.294. The van der Waals surface area contributed by atoms with Crippen molar-refractivity contribution >= 4 is 15.7 Å². The Morgan fingerprint density at radius 3 is 2.54 bits per heavy atom. The highest BCUT2D eigenvalue weighted by atomic mass is 32.2. The second-order valence-corrected chi connectivity index (χ2v) is 7.43. The number of sulfone groups is 1. The van der Waals surface area contributed by atoms with Crippen molar-refractivity contribution in [2.24, 2.45) is 0 Å². The molecule has 7 heteroatoms. The number of nitrogens with one attached hydrogen (secondary N) is 1. The maximum Gasteiger partial charge on any atom is 0.251 e. The minimum Gasteiger partial charge on any atom is -0.384 e. The number of benzene rings is 1. The first-order valence-corrected chi connectivity index (χ1v) is 9.12. The minimum atomic E-state index is -3.40. The standard InChI is InChI=1S/C17H20N2O4S/c1-13(15-4-3-9-18-12-15)19-17(20)14-5-7-16(8-6-14)24(21,22)11-10-23-2/h3-9,12-13H,10-11H2,1-2H3,(H,19,20)/t13-/m1/s1. The average molecular weight is 348 g/mol. The van der Waals surface area contributed by atoms with E-state index >= 15 is 0 Å². The summed E-state index contributed by atoms with van der Waals surface area (Å²) < 4.78 is 28.9. The maximum atomic E-state index is 12.3. The molecule has 2 rings (SSSR count). The van der Waals surface area contributed by atoms with Crippen LogP contribution in [0, 0.1) is 0 Å². The molecule has 1 aromatic heterocycles. The Labute approximate surface area is 141 Å². The van der Waals surface area contributed by atoms with Gasteiger partial charge < -0.3 is 10.1 Å². The summed E-state index contributed by atoms with van der Waals surface area (Å²) in [6.45, 7) is 1.99. The Hall–Kier alpha value is -2.25. The molecule has 1 atom stereocenters. The molecule has 1 heterocycles. The van der Waals surface area contributed by atoms with E-state index in [1.54, 1.807) is 18.5 Å². The van der Waals surface area contributed by atoms with E-state index in [0.29, 0.717) is 5.56 Å². The van der Waals surface area contributed by atoms with Crippen molar-refractivity contribution in [1.29, 1.82) is 0 Å². The van der Waals surface area contributed by atoms with E-state index in [1.807, 2.05) is 13.0 Å². The molecule has 24 heavy (non-hydrogen) atoms. The third kappa shape index (κ3) is 4.62. The third-order valence-electron chi connectivity index (χ3n) is 3.56. The van der Waals surface area contributed by atoms with E-state index in [1.165, 1.54) is 31.4 Å². The lowest BCUT2D eigenvalue weighted by atomic mass is 10.1. The summed E-state index contributed by atoms with van der Waals surface area (Å²) in [4.78, 5) is 16.5. The molecule has 128 valence electrons. The molecule has 1 amide bonds. The monoisotopic (exact) mass is 348 g/mol. The van der Waals surface area contributed by atoms with Crippen LogP contribution in [0.4, 0.5) is 0 Å². The molecule has 0 saturated carbocycles. The Morgan fingerprint density at radius 2 is 1.96 bits per heavy atom. The summed E-state index contributed by atoms with van der Waals surface area (Å²) in [6.07, 6.45) is 3.36. The molecule has 0 fully saturated rings. The van der Waals surface area contributed by atoms with Gasteiger partial charge in [-0.25, -0.2) is 8.42 Å². The second kappa shape index (κ2) is 8.03. The third-order valence-corrected chi connectivity index (χ3v) is 5.26. The van der Waals surface area contributed by atoms with Crippen molar-refractivity contribution in [2.75, 3.05) is 19.5 Å². The Kier molecular flexibility index (Phi) is 6.05. The summed E-state index contributed by atoms with van der Waals surface area (Å²) in [5.41, 5.74) is 1.29. The van der Waals surface area contributed by atoms with Gasteiger partial charge in [-0.3, -0.25) is 9.78 Å². The van der Waals surface area contributed by atoms with E-state index in [9.17, 15) is 13.2 Å². The fourth-order valence-corrected chi connectivity index (χ4v) is 3.29. The second-order valence-electron chi connectivity index (χ2n) is 5.32. The number of nitrogens with zero attached hydrogens (tertiary/aromatic N) is 1. The molecule has 0 spiro atoms. The number of hydrogen-bond donors (Lipinski definition) is 1. The van der Waals surface area contributed by atoms with Crippen LogP contribution in [0.15, 0.2) is 53.7 Å². The molecule has 0 saturated heterocycles. The van der Waals surface area contributed by atoms with Crippen molar-refractivity contribution < 1.29 is 17.9 Å². The number of hydrogen-bond acceptors (Lipinski definition) is 5. The van der Waals surface area contributed by atoms with Gasteiger partial charge in [0.05, 0.1) is 23.3 Å². The van der Waals surface area contributed by atoms with Crippen LogP contribution in [0.1, 0.15) is 28.9 Å². The largest absolute Gasteiger partial charge is 0.384 e. The number of ether oxygens (including phenoxy) is 1. The van der Waals surface area contributed by atoms with Gasteiger partial charge in [-0.05, 0) is 42.8 Å². The fourth-order valence-electron chi connectivity index (χ4n) is 2.12. The zero-order valence-electron chi connectivity index (χ0n) is 13.6. The van der Waals surface area contributed by atoms with Gasteiger partial charge in [0.15, 0.2) is 9.84 Å². The Balaban J connectivity index is 2.06. The number of pyridine rings is 1. The number of aromatic nitrogens is 1. The van der Waals surface area contributed by atoms with Crippen LogP contribution in [0.25, 0.3) is 0 Å². The van der Waals surface area contributed by atoms with Crippen molar-refractivity contribution in [3.8, 4) is 0 Å². The average Bonchev–Trinajstić information content (AvgIpc) is 2.60. The van der Waals surface area contributed by atoms with Gasteiger partial charge in [0.25, 0.3) is 5.91 Å². The topological polar surface area (TPSA) is 85.4 Å².